The van der Waals surface area contributed by atoms with Crippen molar-refractivity contribution in [1.82, 2.24) is 4.31 Å². The van der Waals surface area contributed by atoms with Crippen LogP contribution in [-0.2, 0) is 21.2 Å². The molecule has 0 aliphatic rings. The molecule has 1 rings (SSSR count). The van der Waals surface area contributed by atoms with Gasteiger partial charge in [-0.15, -0.1) is 0 Å². The molecule has 106 valence electrons. The molecule has 0 spiro atoms. The van der Waals surface area contributed by atoms with Crippen molar-refractivity contribution in [3.63, 3.8) is 0 Å². The van der Waals surface area contributed by atoms with Gasteiger partial charge in [-0.1, -0.05) is 34.1 Å². The molecule has 0 aliphatic heterocycles. The Balaban J connectivity index is 2.60. The van der Waals surface area contributed by atoms with Crippen molar-refractivity contribution in [2.24, 2.45) is 0 Å². The first-order valence-corrected chi connectivity index (χ1v) is 8.12. The molecule has 0 amide bonds. The van der Waals surface area contributed by atoms with Crippen molar-refractivity contribution >= 4 is 31.9 Å². The Morgan fingerprint density at radius 2 is 2.00 bits per heavy atom. The van der Waals surface area contributed by atoms with Crippen molar-refractivity contribution in [3.8, 4) is 0 Å². The number of carboxylic acids is 1. The summed E-state index contributed by atoms with van der Waals surface area (Å²) in [7, 11) is -2.02. The van der Waals surface area contributed by atoms with E-state index in [4.69, 9.17) is 5.11 Å². The molecule has 0 bridgehead atoms. The topological polar surface area (TPSA) is 74.7 Å². The zero-order valence-electron chi connectivity index (χ0n) is 10.5. The number of halogens is 1. The van der Waals surface area contributed by atoms with Crippen LogP contribution < -0.4 is 0 Å². The van der Waals surface area contributed by atoms with Gasteiger partial charge in [0.25, 0.3) is 0 Å². The minimum Gasteiger partial charge on any atom is -0.481 e. The second-order valence-electron chi connectivity index (χ2n) is 4.12. The van der Waals surface area contributed by atoms with E-state index in [2.05, 4.69) is 15.9 Å². The molecule has 0 fully saturated rings. The standard InChI is InChI=1S/C12H16BrNO4S/c1-14(8-6-12(15)16)19(17,18)9-7-10-4-2-3-5-11(10)13/h2-5H,6-9H2,1H3,(H,15,16). The van der Waals surface area contributed by atoms with Gasteiger partial charge in [-0.25, -0.2) is 12.7 Å². The summed E-state index contributed by atoms with van der Waals surface area (Å²) >= 11 is 3.36. The molecule has 0 unspecified atom stereocenters. The molecule has 1 aromatic carbocycles. The monoisotopic (exact) mass is 349 g/mol. The fourth-order valence-electron chi connectivity index (χ4n) is 1.49. The first-order chi connectivity index (χ1) is 8.83. The highest BCUT2D eigenvalue weighted by molar-refractivity contribution is 9.10. The fourth-order valence-corrected chi connectivity index (χ4v) is 3.13. The molecule has 19 heavy (non-hydrogen) atoms. The molecule has 0 atom stereocenters. The minimum absolute atomic E-state index is 0.00632. The highest BCUT2D eigenvalue weighted by atomic mass is 79.9. The quantitative estimate of drug-likeness (QED) is 0.813. The lowest BCUT2D eigenvalue weighted by Crippen LogP contribution is -2.31. The summed E-state index contributed by atoms with van der Waals surface area (Å²) in [5.41, 5.74) is 0.915. The smallest absolute Gasteiger partial charge is 0.304 e. The lowest BCUT2D eigenvalue weighted by atomic mass is 10.2. The molecule has 0 saturated carbocycles. The van der Waals surface area contributed by atoms with E-state index in [1.54, 1.807) is 0 Å². The van der Waals surface area contributed by atoms with E-state index in [-0.39, 0.29) is 18.7 Å². The third-order valence-electron chi connectivity index (χ3n) is 2.70. The first-order valence-electron chi connectivity index (χ1n) is 5.72. The van der Waals surface area contributed by atoms with Crippen LogP contribution >= 0.6 is 15.9 Å². The predicted octanol–water partition coefficient (Wildman–Crippen LogP) is 1.73. The Morgan fingerprint density at radius 3 is 2.58 bits per heavy atom. The first kappa shape index (κ1) is 16.1. The van der Waals surface area contributed by atoms with Crippen LogP contribution in [0.1, 0.15) is 12.0 Å². The van der Waals surface area contributed by atoms with E-state index in [0.29, 0.717) is 6.42 Å². The van der Waals surface area contributed by atoms with Gasteiger partial charge in [0.2, 0.25) is 10.0 Å². The number of nitrogens with zero attached hydrogens (tertiary/aromatic N) is 1. The lowest BCUT2D eigenvalue weighted by molar-refractivity contribution is -0.137. The average molecular weight is 350 g/mol. The highest BCUT2D eigenvalue weighted by Crippen LogP contribution is 2.17. The van der Waals surface area contributed by atoms with Crippen LogP contribution in [0, 0.1) is 0 Å². The molecule has 5 nitrogen and oxygen atoms in total. The summed E-state index contributed by atoms with van der Waals surface area (Å²) in [6, 6.07) is 7.43. The number of rotatable bonds is 7. The fraction of sp³-hybridized carbons (Fsp3) is 0.417. The molecule has 1 aromatic rings. The van der Waals surface area contributed by atoms with E-state index in [0.717, 1.165) is 14.3 Å². The van der Waals surface area contributed by atoms with E-state index < -0.39 is 16.0 Å². The molecule has 0 heterocycles. The minimum atomic E-state index is -3.42. The van der Waals surface area contributed by atoms with Crippen molar-refractivity contribution in [1.29, 1.82) is 0 Å². The number of aryl methyl sites for hydroxylation is 1. The van der Waals surface area contributed by atoms with Gasteiger partial charge in [0.05, 0.1) is 12.2 Å². The molecule has 0 radical (unpaired) electrons. The summed E-state index contributed by atoms with van der Waals surface area (Å²) in [6.07, 6.45) is 0.200. The number of hydrogen-bond acceptors (Lipinski definition) is 3. The van der Waals surface area contributed by atoms with Crippen LogP contribution in [0.15, 0.2) is 28.7 Å². The maximum atomic E-state index is 11.9. The zero-order valence-corrected chi connectivity index (χ0v) is 12.9. The SMILES string of the molecule is CN(CCC(=O)O)S(=O)(=O)CCc1ccccc1Br. The Hall–Kier alpha value is -0.920. The Morgan fingerprint density at radius 1 is 1.37 bits per heavy atom. The Labute approximate surface area is 121 Å². The molecular formula is C12H16BrNO4S. The van der Waals surface area contributed by atoms with Gasteiger partial charge < -0.3 is 5.11 Å². The van der Waals surface area contributed by atoms with Crippen molar-refractivity contribution in [2.45, 2.75) is 12.8 Å². The average Bonchev–Trinajstić information content (AvgIpc) is 2.34. The maximum Gasteiger partial charge on any atom is 0.304 e. The summed E-state index contributed by atoms with van der Waals surface area (Å²) in [4.78, 5) is 10.4. The number of sulfonamides is 1. The summed E-state index contributed by atoms with van der Waals surface area (Å²) < 4.78 is 25.9. The van der Waals surface area contributed by atoms with Gasteiger partial charge >= 0.3 is 5.97 Å². The second-order valence-corrected chi connectivity index (χ2v) is 7.17. The normalized spacial score (nSPS) is 11.7. The number of carbonyl (C=O) groups is 1. The number of aliphatic carboxylic acids is 1. The summed E-state index contributed by atoms with van der Waals surface area (Å²) in [5.74, 6) is -1.04. The van der Waals surface area contributed by atoms with Crippen LogP contribution in [0.25, 0.3) is 0 Å². The summed E-state index contributed by atoms with van der Waals surface area (Å²) in [6.45, 7) is -0.00632. The zero-order chi connectivity index (χ0) is 14.5. The predicted molar refractivity (Wildman–Crippen MR) is 76.5 cm³/mol. The Bertz CT molecular complexity index is 544. The van der Waals surface area contributed by atoms with Crippen LogP contribution in [-0.4, -0.2) is 43.1 Å². The van der Waals surface area contributed by atoms with Crippen LogP contribution in [0.2, 0.25) is 0 Å². The number of hydrogen-bond donors (Lipinski definition) is 1. The highest BCUT2D eigenvalue weighted by Gasteiger charge is 2.18. The van der Waals surface area contributed by atoms with E-state index in [1.807, 2.05) is 24.3 Å². The number of benzene rings is 1. The number of carboxylic acid groups (broad SMARTS) is 1. The van der Waals surface area contributed by atoms with Gasteiger partial charge in [-0.3, -0.25) is 4.79 Å². The third-order valence-corrected chi connectivity index (χ3v) is 5.33. The van der Waals surface area contributed by atoms with Crippen molar-refractivity contribution in [3.05, 3.63) is 34.3 Å². The van der Waals surface area contributed by atoms with Gasteiger partial charge in [0.1, 0.15) is 0 Å². The maximum absolute atomic E-state index is 11.9. The summed E-state index contributed by atoms with van der Waals surface area (Å²) in [5, 5.41) is 8.54. The van der Waals surface area contributed by atoms with E-state index >= 15 is 0 Å². The molecule has 0 aliphatic carbocycles. The van der Waals surface area contributed by atoms with Gasteiger partial charge in [-0.05, 0) is 18.1 Å². The van der Waals surface area contributed by atoms with Crippen LogP contribution in [0.3, 0.4) is 0 Å². The molecule has 7 heteroatoms. The van der Waals surface area contributed by atoms with E-state index in [1.165, 1.54) is 7.05 Å². The molecule has 0 aromatic heterocycles. The van der Waals surface area contributed by atoms with Crippen LogP contribution in [0.4, 0.5) is 0 Å². The Kier molecular flexibility index (Phi) is 5.96. The molecular weight excluding hydrogens is 334 g/mol. The van der Waals surface area contributed by atoms with Crippen molar-refractivity contribution < 1.29 is 18.3 Å². The van der Waals surface area contributed by atoms with Crippen LogP contribution in [0.5, 0.6) is 0 Å². The molecule has 1 N–H and O–H groups in total. The van der Waals surface area contributed by atoms with Gasteiger partial charge in [-0.2, -0.15) is 0 Å². The molecule has 0 saturated heterocycles. The van der Waals surface area contributed by atoms with Crippen molar-refractivity contribution in [2.75, 3.05) is 19.3 Å². The lowest BCUT2D eigenvalue weighted by Gasteiger charge is -2.16. The second kappa shape index (κ2) is 7.02. The van der Waals surface area contributed by atoms with E-state index in [9.17, 15) is 13.2 Å². The largest absolute Gasteiger partial charge is 0.481 e. The van der Waals surface area contributed by atoms with Gasteiger partial charge in [0.15, 0.2) is 0 Å². The third kappa shape index (κ3) is 5.30. The van der Waals surface area contributed by atoms with Gasteiger partial charge in [0, 0.05) is 18.1 Å².